The quantitative estimate of drug-likeness (QED) is 0.192. The predicted molar refractivity (Wildman–Crippen MR) is 128 cm³/mol. The number of nitrogens with zero attached hydrogens (tertiary/aromatic N) is 3. The Morgan fingerprint density at radius 2 is 1.86 bits per heavy atom. The summed E-state index contributed by atoms with van der Waals surface area (Å²) < 4.78 is 42.5. The van der Waals surface area contributed by atoms with Gasteiger partial charge in [0.25, 0.3) is 11.1 Å². The van der Waals surface area contributed by atoms with Crippen molar-refractivity contribution in [2.24, 2.45) is 0 Å². The van der Waals surface area contributed by atoms with Crippen molar-refractivity contribution in [1.82, 2.24) is 14.8 Å². The zero-order chi connectivity index (χ0) is 24.9. The Morgan fingerprint density at radius 1 is 1.11 bits per heavy atom. The third-order valence-corrected chi connectivity index (χ3v) is 6.02. The van der Waals surface area contributed by atoms with E-state index < -0.39 is 6.61 Å². The van der Waals surface area contributed by atoms with E-state index in [0.29, 0.717) is 29.4 Å². The van der Waals surface area contributed by atoms with E-state index >= 15 is 0 Å². The molecule has 4 rings (SSSR count). The number of aryl methyl sites for hydroxylation is 1. The lowest BCUT2D eigenvalue weighted by Crippen LogP contribution is -2.06. The number of thioether (sulfide) groups is 1. The van der Waals surface area contributed by atoms with Gasteiger partial charge in [0.2, 0.25) is 0 Å². The molecule has 182 valence electrons. The summed E-state index contributed by atoms with van der Waals surface area (Å²) in [6, 6.07) is 15.5. The highest BCUT2D eigenvalue weighted by molar-refractivity contribution is 7.99. The summed E-state index contributed by atoms with van der Waals surface area (Å²) in [5.41, 5.74) is 3.57. The monoisotopic (exact) mass is 499 g/mol. The number of halogens is 2. The number of aromatic nitrogens is 3. The number of hydrogen-bond acceptors (Lipinski definition) is 7. The molecule has 0 aliphatic heterocycles. The van der Waals surface area contributed by atoms with Gasteiger partial charge in [-0.1, -0.05) is 23.9 Å². The van der Waals surface area contributed by atoms with Crippen LogP contribution in [0.15, 0.2) is 64.2 Å². The number of carbonyl (C=O) groups is 1. The third kappa shape index (κ3) is 5.54. The van der Waals surface area contributed by atoms with E-state index in [4.69, 9.17) is 9.15 Å². The summed E-state index contributed by atoms with van der Waals surface area (Å²) in [5, 5.41) is 8.42. The minimum absolute atomic E-state index is 0.0710. The molecule has 0 spiro atoms. The van der Waals surface area contributed by atoms with Gasteiger partial charge in [-0.25, -0.2) is 0 Å². The summed E-state index contributed by atoms with van der Waals surface area (Å²) >= 11 is 1.16. The first kappa shape index (κ1) is 24.5. The molecule has 0 saturated carbocycles. The van der Waals surface area contributed by atoms with Gasteiger partial charge in [-0.15, -0.1) is 10.2 Å². The molecule has 7 nitrogen and oxygen atoms in total. The van der Waals surface area contributed by atoms with Crippen LogP contribution in [0.2, 0.25) is 0 Å². The van der Waals surface area contributed by atoms with Crippen LogP contribution in [-0.2, 0) is 0 Å². The lowest BCUT2D eigenvalue weighted by molar-refractivity contribution is -0.0498. The number of hydrogen-bond donors (Lipinski definition) is 0. The molecule has 10 heteroatoms. The van der Waals surface area contributed by atoms with E-state index in [1.54, 1.807) is 18.2 Å². The first-order valence-electron chi connectivity index (χ1n) is 10.8. The van der Waals surface area contributed by atoms with E-state index in [0.717, 1.165) is 28.8 Å². The van der Waals surface area contributed by atoms with E-state index in [1.165, 1.54) is 12.1 Å². The highest BCUT2D eigenvalue weighted by Crippen LogP contribution is 2.31. The Hall–Kier alpha value is -3.66. The normalized spacial score (nSPS) is 11.1. The zero-order valence-corrected chi connectivity index (χ0v) is 20.1. The van der Waals surface area contributed by atoms with Gasteiger partial charge in [0, 0.05) is 22.6 Å². The van der Waals surface area contributed by atoms with Crippen LogP contribution in [0.25, 0.3) is 17.1 Å². The number of Topliss-reactive ketones (excluding diaryl/α,β-unsaturated/α-hetero) is 1. The van der Waals surface area contributed by atoms with E-state index in [-0.39, 0.29) is 22.5 Å². The first-order valence-corrected chi connectivity index (χ1v) is 11.8. The van der Waals surface area contributed by atoms with Crippen LogP contribution in [0.3, 0.4) is 0 Å². The van der Waals surface area contributed by atoms with Gasteiger partial charge in [-0.05, 0) is 63.2 Å². The lowest BCUT2D eigenvalue weighted by atomic mass is 10.2. The van der Waals surface area contributed by atoms with Crippen LogP contribution in [0.5, 0.6) is 11.5 Å². The number of ketones is 1. The van der Waals surface area contributed by atoms with Crippen molar-refractivity contribution in [2.75, 3.05) is 12.4 Å². The van der Waals surface area contributed by atoms with Crippen molar-refractivity contribution in [3.8, 4) is 28.6 Å². The minimum atomic E-state index is -2.88. The summed E-state index contributed by atoms with van der Waals surface area (Å²) in [7, 11) is 0. The number of rotatable bonds is 10. The molecule has 4 aromatic rings. The van der Waals surface area contributed by atoms with Crippen LogP contribution >= 0.6 is 11.8 Å². The van der Waals surface area contributed by atoms with Crippen molar-refractivity contribution in [1.29, 1.82) is 0 Å². The summed E-state index contributed by atoms with van der Waals surface area (Å²) in [6.45, 7) is 3.23. The largest absolute Gasteiger partial charge is 0.493 e. The van der Waals surface area contributed by atoms with Crippen LogP contribution in [0.4, 0.5) is 8.78 Å². The van der Waals surface area contributed by atoms with E-state index in [2.05, 4.69) is 14.9 Å². The van der Waals surface area contributed by atoms with Crippen LogP contribution in [0.1, 0.15) is 28.7 Å². The molecule has 0 atom stereocenters. The first-order chi connectivity index (χ1) is 16.9. The average molecular weight is 500 g/mol. The molecule has 2 aromatic carbocycles. The van der Waals surface area contributed by atoms with Crippen LogP contribution < -0.4 is 9.47 Å². The van der Waals surface area contributed by atoms with Gasteiger partial charge >= 0.3 is 6.61 Å². The minimum Gasteiger partial charge on any atom is -0.493 e. The number of benzene rings is 2. The summed E-state index contributed by atoms with van der Waals surface area (Å²) in [4.78, 5) is 13.0. The van der Waals surface area contributed by atoms with Crippen molar-refractivity contribution in [3.63, 3.8) is 0 Å². The second-order valence-electron chi connectivity index (χ2n) is 7.51. The zero-order valence-electron chi connectivity index (χ0n) is 19.3. The molecule has 35 heavy (non-hydrogen) atoms. The molecule has 0 N–H and O–H groups in total. The van der Waals surface area contributed by atoms with Gasteiger partial charge in [0.05, 0.1) is 17.9 Å². The molecule has 0 saturated heterocycles. The Balaban J connectivity index is 1.46. The fourth-order valence-corrected chi connectivity index (χ4v) is 4.37. The smallest absolute Gasteiger partial charge is 0.387 e. The Kier molecular flexibility index (Phi) is 7.50. The Labute approximate surface area is 205 Å². The summed E-state index contributed by atoms with van der Waals surface area (Å²) in [6.07, 6.45) is 0. The molecule has 0 radical (unpaired) electrons. The molecular weight excluding hydrogens is 476 g/mol. The summed E-state index contributed by atoms with van der Waals surface area (Å²) in [5.74, 6) is 1.05. The fraction of sp³-hybridized carbons (Fsp3) is 0.240. The van der Waals surface area contributed by atoms with Gasteiger partial charge in [0.1, 0.15) is 11.5 Å². The standard InChI is InChI=1S/C25H23F2N3O4S/c1-4-32-22-8-6-5-7-19(22)23-28-29-25(34-23)35-14-21(31)20-13-15(2)30(16(20)3)17-9-11-18(12-10-17)33-24(26)27/h5-13,24H,4,14H2,1-3H3. The molecule has 0 bridgehead atoms. The topological polar surface area (TPSA) is 79.4 Å². The van der Waals surface area contributed by atoms with Crippen molar-refractivity contribution in [3.05, 3.63) is 71.5 Å². The van der Waals surface area contributed by atoms with Gasteiger partial charge < -0.3 is 18.5 Å². The predicted octanol–water partition coefficient (Wildman–Crippen LogP) is 6.12. The molecule has 0 unspecified atom stereocenters. The molecule has 2 aromatic heterocycles. The van der Waals surface area contributed by atoms with Crippen LogP contribution in [0, 0.1) is 13.8 Å². The maximum atomic E-state index is 13.0. The molecule has 0 amide bonds. The second-order valence-corrected chi connectivity index (χ2v) is 8.43. The van der Waals surface area contributed by atoms with Crippen molar-refractivity contribution < 1.29 is 27.5 Å². The SMILES string of the molecule is CCOc1ccccc1-c1nnc(SCC(=O)c2cc(C)n(-c3ccc(OC(F)F)cc3)c2C)o1. The Morgan fingerprint density at radius 3 is 2.57 bits per heavy atom. The van der Waals surface area contributed by atoms with E-state index in [9.17, 15) is 13.6 Å². The van der Waals surface area contributed by atoms with Gasteiger partial charge in [0.15, 0.2) is 5.78 Å². The van der Waals surface area contributed by atoms with Crippen LogP contribution in [-0.4, -0.2) is 39.5 Å². The highest BCUT2D eigenvalue weighted by atomic mass is 32.2. The highest BCUT2D eigenvalue weighted by Gasteiger charge is 2.19. The number of ether oxygens (including phenoxy) is 2. The maximum absolute atomic E-state index is 13.0. The molecular formula is C25H23F2N3O4S. The third-order valence-electron chi connectivity index (χ3n) is 5.20. The Bertz CT molecular complexity index is 1320. The number of alkyl halides is 2. The second kappa shape index (κ2) is 10.7. The van der Waals surface area contributed by atoms with E-state index in [1.807, 2.05) is 49.6 Å². The number of para-hydroxylation sites is 1. The molecule has 2 heterocycles. The maximum Gasteiger partial charge on any atom is 0.387 e. The molecule has 0 aliphatic rings. The lowest BCUT2D eigenvalue weighted by Gasteiger charge is -2.11. The van der Waals surface area contributed by atoms with Crippen molar-refractivity contribution >= 4 is 17.5 Å². The van der Waals surface area contributed by atoms with Crippen molar-refractivity contribution in [2.45, 2.75) is 32.6 Å². The molecule has 0 fully saturated rings. The fourth-order valence-electron chi connectivity index (χ4n) is 3.73. The van der Waals surface area contributed by atoms with Gasteiger partial charge in [-0.2, -0.15) is 8.78 Å². The molecule has 0 aliphatic carbocycles. The number of carbonyl (C=O) groups excluding carboxylic acids is 1. The average Bonchev–Trinajstić information content (AvgIpc) is 3.42. The van der Waals surface area contributed by atoms with Gasteiger partial charge in [-0.3, -0.25) is 4.79 Å².